The molecule has 1 heterocycles. The Morgan fingerprint density at radius 2 is 1.95 bits per heavy atom. The van der Waals surface area contributed by atoms with E-state index in [9.17, 15) is 9.59 Å². The molecule has 0 saturated heterocycles. The molecule has 0 aliphatic rings. The van der Waals surface area contributed by atoms with Crippen LogP contribution in [0.25, 0.3) is 11.3 Å². The lowest BCUT2D eigenvalue weighted by atomic mass is 10.0. The number of hydrogen-bond acceptors (Lipinski definition) is 6. The predicted octanol–water partition coefficient (Wildman–Crippen LogP) is 1.44. The van der Waals surface area contributed by atoms with E-state index in [1.165, 1.54) is 7.11 Å². The van der Waals surface area contributed by atoms with Crippen LogP contribution in [-0.2, 0) is 9.47 Å². The van der Waals surface area contributed by atoms with Gasteiger partial charge in [0.1, 0.15) is 5.69 Å². The summed E-state index contributed by atoms with van der Waals surface area (Å²) in [6.07, 6.45) is 0. The van der Waals surface area contributed by atoms with Gasteiger partial charge >= 0.3 is 11.9 Å². The summed E-state index contributed by atoms with van der Waals surface area (Å²) in [5.41, 5.74) is 1.04. The maximum absolute atomic E-state index is 11.8. The van der Waals surface area contributed by atoms with Gasteiger partial charge in [0.05, 0.1) is 19.3 Å². The molecule has 7 nitrogen and oxygen atoms in total. The first-order valence-corrected chi connectivity index (χ1v) is 5.94. The summed E-state index contributed by atoms with van der Waals surface area (Å²) in [6, 6.07) is 6.67. The summed E-state index contributed by atoms with van der Waals surface area (Å²) in [5, 5.41) is 10.1. The van der Waals surface area contributed by atoms with Gasteiger partial charge in [0, 0.05) is 5.56 Å². The maximum Gasteiger partial charge on any atom is 0.361 e. The molecular formula is C13H13N3O4. The SMILES string of the molecule is CCOC(=O)c1n[nH]nc1-c1ccccc1C(=O)OC. The number of benzene rings is 1. The van der Waals surface area contributed by atoms with Gasteiger partial charge in [0.15, 0.2) is 5.69 Å². The third-order valence-electron chi connectivity index (χ3n) is 2.60. The Morgan fingerprint density at radius 1 is 1.20 bits per heavy atom. The van der Waals surface area contributed by atoms with Gasteiger partial charge < -0.3 is 9.47 Å². The average Bonchev–Trinajstić information content (AvgIpc) is 2.96. The first-order valence-electron chi connectivity index (χ1n) is 5.94. The van der Waals surface area contributed by atoms with Crippen LogP contribution in [0.3, 0.4) is 0 Å². The molecule has 0 spiro atoms. The first kappa shape index (κ1) is 13.7. The zero-order valence-corrected chi connectivity index (χ0v) is 11.0. The van der Waals surface area contributed by atoms with E-state index < -0.39 is 11.9 Å². The molecule has 20 heavy (non-hydrogen) atoms. The lowest BCUT2D eigenvalue weighted by Gasteiger charge is -2.06. The molecule has 1 aromatic heterocycles. The molecule has 1 aromatic carbocycles. The molecule has 0 fully saturated rings. The lowest BCUT2D eigenvalue weighted by Crippen LogP contribution is -2.09. The Hall–Kier alpha value is -2.70. The third-order valence-corrected chi connectivity index (χ3v) is 2.60. The molecule has 1 N–H and O–H groups in total. The van der Waals surface area contributed by atoms with Crippen LogP contribution in [0, 0.1) is 0 Å². The number of methoxy groups -OCH3 is 1. The number of hydrogen-bond donors (Lipinski definition) is 1. The second-order valence-corrected chi connectivity index (χ2v) is 3.78. The average molecular weight is 275 g/mol. The normalized spacial score (nSPS) is 10.1. The Labute approximate surface area is 114 Å². The molecule has 0 radical (unpaired) electrons. The molecule has 0 saturated carbocycles. The van der Waals surface area contributed by atoms with E-state index in [0.717, 1.165) is 0 Å². The molecule has 104 valence electrons. The first-order chi connectivity index (χ1) is 9.69. The molecule has 7 heteroatoms. The Kier molecular flexibility index (Phi) is 4.09. The number of aromatic nitrogens is 3. The van der Waals surface area contributed by atoms with Crippen molar-refractivity contribution in [1.82, 2.24) is 15.4 Å². The number of esters is 2. The van der Waals surface area contributed by atoms with Crippen molar-refractivity contribution >= 4 is 11.9 Å². The van der Waals surface area contributed by atoms with Gasteiger partial charge in [0.25, 0.3) is 0 Å². The van der Waals surface area contributed by atoms with Crippen LogP contribution in [0.15, 0.2) is 24.3 Å². The van der Waals surface area contributed by atoms with Crippen LogP contribution in [0.2, 0.25) is 0 Å². The van der Waals surface area contributed by atoms with Gasteiger partial charge in [-0.15, -0.1) is 5.10 Å². The highest BCUT2D eigenvalue weighted by atomic mass is 16.5. The van der Waals surface area contributed by atoms with Crippen LogP contribution in [0.4, 0.5) is 0 Å². The van der Waals surface area contributed by atoms with Crippen molar-refractivity contribution in [1.29, 1.82) is 0 Å². The Morgan fingerprint density at radius 3 is 2.65 bits per heavy atom. The van der Waals surface area contributed by atoms with E-state index in [4.69, 9.17) is 9.47 Å². The fourth-order valence-electron chi connectivity index (χ4n) is 1.74. The van der Waals surface area contributed by atoms with Crippen LogP contribution < -0.4 is 0 Å². The van der Waals surface area contributed by atoms with Crippen molar-refractivity contribution < 1.29 is 19.1 Å². The van der Waals surface area contributed by atoms with Crippen molar-refractivity contribution in [2.24, 2.45) is 0 Å². The number of rotatable bonds is 4. The van der Waals surface area contributed by atoms with Crippen molar-refractivity contribution in [3.8, 4) is 11.3 Å². The molecule has 0 unspecified atom stereocenters. The number of H-pyrrole nitrogens is 1. The molecule has 0 bridgehead atoms. The van der Waals surface area contributed by atoms with E-state index in [2.05, 4.69) is 15.4 Å². The van der Waals surface area contributed by atoms with Crippen LogP contribution >= 0.6 is 0 Å². The molecule has 2 aromatic rings. The number of aromatic amines is 1. The van der Waals surface area contributed by atoms with Crippen LogP contribution in [-0.4, -0.2) is 41.1 Å². The van der Waals surface area contributed by atoms with E-state index in [1.807, 2.05) is 0 Å². The monoisotopic (exact) mass is 275 g/mol. The number of nitrogens with one attached hydrogen (secondary N) is 1. The lowest BCUT2D eigenvalue weighted by molar-refractivity contribution is 0.0518. The highest BCUT2D eigenvalue weighted by molar-refractivity contribution is 6.01. The fourth-order valence-corrected chi connectivity index (χ4v) is 1.74. The zero-order valence-electron chi connectivity index (χ0n) is 11.0. The van der Waals surface area contributed by atoms with Crippen LogP contribution in [0.1, 0.15) is 27.8 Å². The van der Waals surface area contributed by atoms with Crippen molar-refractivity contribution in [3.05, 3.63) is 35.5 Å². The number of carbonyl (C=O) groups excluding carboxylic acids is 2. The smallest absolute Gasteiger partial charge is 0.361 e. The van der Waals surface area contributed by atoms with E-state index in [1.54, 1.807) is 31.2 Å². The molecule has 0 aliphatic carbocycles. The van der Waals surface area contributed by atoms with Gasteiger partial charge in [-0.05, 0) is 13.0 Å². The van der Waals surface area contributed by atoms with Gasteiger partial charge in [-0.2, -0.15) is 10.3 Å². The molecule has 0 aliphatic heterocycles. The number of carbonyl (C=O) groups is 2. The summed E-state index contributed by atoms with van der Waals surface area (Å²) in [5.74, 6) is -1.12. The Balaban J connectivity index is 2.50. The largest absolute Gasteiger partial charge is 0.465 e. The molecule has 2 rings (SSSR count). The van der Waals surface area contributed by atoms with Crippen LogP contribution in [0.5, 0.6) is 0 Å². The molecular weight excluding hydrogens is 262 g/mol. The van der Waals surface area contributed by atoms with Crippen molar-refractivity contribution in [3.63, 3.8) is 0 Å². The number of nitrogens with zero attached hydrogens (tertiary/aromatic N) is 2. The van der Waals surface area contributed by atoms with Gasteiger partial charge in [-0.3, -0.25) is 0 Å². The minimum absolute atomic E-state index is 0.0307. The standard InChI is InChI=1S/C13H13N3O4/c1-3-20-13(18)11-10(14-16-15-11)8-6-4-5-7-9(8)12(17)19-2/h4-7H,3H2,1-2H3,(H,14,15,16). The summed E-state index contributed by atoms with van der Waals surface area (Å²) in [4.78, 5) is 23.5. The zero-order chi connectivity index (χ0) is 14.5. The Bertz CT molecular complexity index is 636. The second-order valence-electron chi connectivity index (χ2n) is 3.78. The second kappa shape index (κ2) is 5.96. The molecule has 0 atom stereocenters. The predicted molar refractivity (Wildman–Crippen MR) is 69.1 cm³/mol. The summed E-state index contributed by atoms with van der Waals surface area (Å²) < 4.78 is 9.61. The number of ether oxygens (including phenoxy) is 2. The highest BCUT2D eigenvalue weighted by Crippen LogP contribution is 2.24. The van der Waals surface area contributed by atoms with Crippen molar-refractivity contribution in [2.45, 2.75) is 6.92 Å². The highest BCUT2D eigenvalue weighted by Gasteiger charge is 2.23. The fraction of sp³-hybridized carbons (Fsp3) is 0.231. The third kappa shape index (κ3) is 2.51. The van der Waals surface area contributed by atoms with Crippen molar-refractivity contribution in [2.75, 3.05) is 13.7 Å². The summed E-state index contributed by atoms with van der Waals surface area (Å²) in [7, 11) is 1.29. The quantitative estimate of drug-likeness (QED) is 0.848. The van der Waals surface area contributed by atoms with Gasteiger partial charge in [-0.25, -0.2) is 9.59 Å². The van der Waals surface area contributed by atoms with E-state index >= 15 is 0 Å². The van der Waals surface area contributed by atoms with Gasteiger partial charge in [-0.1, -0.05) is 18.2 Å². The minimum Gasteiger partial charge on any atom is -0.465 e. The van der Waals surface area contributed by atoms with Gasteiger partial charge in [0.2, 0.25) is 0 Å². The van der Waals surface area contributed by atoms with E-state index in [0.29, 0.717) is 11.1 Å². The topological polar surface area (TPSA) is 94.2 Å². The maximum atomic E-state index is 11.8. The molecule has 0 amide bonds. The van der Waals surface area contributed by atoms with E-state index in [-0.39, 0.29) is 18.0 Å². The minimum atomic E-state index is -0.601. The summed E-state index contributed by atoms with van der Waals surface area (Å²) in [6.45, 7) is 1.92. The summed E-state index contributed by atoms with van der Waals surface area (Å²) >= 11 is 0.